The van der Waals surface area contributed by atoms with Gasteiger partial charge in [0.1, 0.15) is 28.7 Å². The molecule has 3 nitrogen and oxygen atoms in total. The van der Waals surface area contributed by atoms with Gasteiger partial charge in [0.15, 0.2) is 0 Å². The van der Waals surface area contributed by atoms with Crippen LogP contribution in [-0.2, 0) is 5.60 Å². The van der Waals surface area contributed by atoms with Gasteiger partial charge < -0.3 is 14.6 Å². The van der Waals surface area contributed by atoms with E-state index in [1.807, 2.05) is 0 Å². The predicted octanol–water partition coefficient (Wildman–Crippen LogP) is 3.96. The van der Waals surface area contributed by atoms with Gasteiger partial charge in [-0.15, -0.1) is 0 Å². The largest absolute Gasteiger partial charge is 0.497 e. The molecule has 0 saturated carbocycles. The third kappa shape index (κ3) is 1.81. The Morgan fingerprint density at radius 3 is 2.65 bits per heavy atom. The number of benzene rings is 2. The zero-order chi connectivity index (χ0) is 14.5. The number of methoxy groups -OCH3 is 1. The summed E-state index contributed by atoms with van der Waals surface area (Å²) in [6.07, 6.45) is 0. The minimum Gasteiger partial charge on any atom is -0.497 e. The topological polar surface area (TPSA) is 38.7 Å². The van der Waals surface area contributed by atoms with E-state index in [9.17, 15) is 9.50 Å². The van der Waals surface area contributed by atoms with Crippen molar-refractivity contribution in [2.45, 2.75) is 12.5 Å². The summed E-state index contributed by atoms with van der Waals surface area (Å²) in [5, 5.41) is 10.8. The van der Waals surface area contributed by atoms with Crippen LogP contribution >= 0.6 is 15.9 Å². The molecule has 0 amide bonds. The van der Waals surface area contributed by atoms with Crippen molar-refractivity contribution in [3.8, 4) is 17.2 Å². The Morgan fingerprint density at radius 2 is 1.95 bits per heavy atom. The maximum absolute atomic E-state index is 14.3. The molecule has 0 saturated heterocycles. The smallest absolute Gasteiger partial charge is 0.147 e. The number of fused-ring (bicyclic) bond motifs is 2. The highest BCUT2D eigenvalue weighted by Gasteiger charge is 2.39. The van der Waals surface area contributed by atoms with E-state index < -0.39 is 11.4 Å². The summed E-state index contributed by atoms with van der Waals surface area (Å²) in [6.45, 7) is 1.54. The van der Waals surface area contributed by atoms with Crippen molar-refractivity contribution in [2.75, 3.05) is 7.11 Å². The Hall–Kier alpha value is -1.59. The SMILES string of the molecule is COc1ccc2c(c1)[C@@](C)(O)c1c(ccc(Br)c1F)O2. The fourth-order valence-electron chi connectivity index (χ4n) is 2.43. The van der Waals surface area contributed by atoms with E-state index in [-0.39, 0.29) is 10.0 Å². The molecule has 0 fully saturated rings. The van der Waals surface area contributed by atoms with Gasteiger partial charge in [-0.25, -0.2) is 4.39 Å². The summed E-state index contributed by atoms with van der Waals surface area (Å²) in [5.74, 6) is 0.853. The summed E-state index contributed by atoms with van der Waals surface area (Å²) >= 11 is 3.13. The Morgan fingerprint density at radius 1 is 1.25 bits per heavy atom. The molecule has 0 aromatic heterocycles. The monoisotopic (exact) mass is 338 g/mol. The maximum atomic E-state index is 14.3. The Bertz CT molecular complexity index is 698. The first kappa shape index (κ1) is 13.4. The van der Waals surface area contributed by atoms with Crippen molar-refractivity contribution in [3.63, 3.8) is 0 Å². The van der Waals surface area contributed by atoms with E-state index >= 15 is 0 Å². The van der Waals surface area contributed by atoms with Gasteiger partial charge in [0.25, 0.3) is 0 Å². The Balaban J connectivity index is 2.27. The molecule has 2 aromatic carbocycles. The van der Waals surface area contributed by atoms with E-state index in [0.29, 0.717) is 22.8 Å². The molecule has 1 atom stereocenters. The number of ether oxygens (including phenoxy) is 2. The van der Waals surface area contributed by atoms with Crippen LogP contribution in [0.2, 0.25) is 0 Å². The van der Waals surface area contributed by atoms with Crippen molar-refractivity contribution < 1.29 is 19.0 Å². The van der Waals surface area contributed by atoms with Crippen molar-refractivity contribution in [2.24, 2.45) is 0 Å². The van der Waals surface area contributed by atoms with Gasteiger partial charge >= 0.3 is 0 Å². The lowest BCUT2D eigenvalue weighted by Gasteiger charge is -2.33. The highest BCUT2D eigenvalue weighted by Crippen LogP contribution is 2.49. The van der Waals surface area contributed by atoms with Gasteiger partial charge in [-0.05, 0) is 53.2 Å². The van der Waals surface area contributed by atoms with Crippen molar-refractivity contribution in [1.29, 1.82) is 0 Å². The fraction of sp³-hybridized carbons (Fsp3) is 0.200. The normalized spacial score (nSPS) is 19.9. The van der Waals surface area contributed by atoms with E-state index in [0.717, 1.165) is 0 Å². The number of hydrogen-bond donors (Lipinski definition) is 1. The number of hydrogen-bond acceptors (Lipinski definition) is 3. The summed E-state index contributed by atoms with van der Waals surface area (Å²) in [4.78, 5) is 0. The average molecular weight is 339 g/mol. The Kier molecular flexibility index (Phi) is 2.99. The van der Waals surface area contributed by atoms with Crippen LogP contribution in [0.15, 0.2) is 34.8 Å². The van der Waals surface area contributed by atoms with Gasteiger partial charge in [-0.3, -0.25) is 0 Å². The number of rotatable bonds is 1. The number of aliphatic hydroxyl groups is 1. The van der Waals surface area contributed by atoms with Crippen LogP contribution in [0.5, 0.6) is 17.2 Å². The van der Waals surface area contributed by atoms with Crippen LogP contribution in [-0.4, -0.2) is 12.2 Å². The summed E-state index contributed by atoms with van der Waals surface area (Å²) < 4.78 is 25.4. The van der Waals surface area contributed by atoms with Gasteiger partial charge in [0.05, 0.1) is 17.1 Å². The van der Waals surface area contributed by atoms with Crippen molar-refractivity contribution >= 4 is 15.9 Å². The predicted molar refractivity (Wildman–Crippen MR) is 75.8 cm³/mol. The molecule has 1 N–H and O–H groups in total. The lowest BCUT2D eigenvalue weighted by Crippen LogP contribution is -2.29. The first-order valence-electron chi connectivity index (χ1n) is 6.02. The van der Waals surface area contributed by atoms with Crippen molar-refractivity contribution in [3.05, 3.63) is 51.7 Å². The van der Waals surface area contributed by atoms with Crippen LogP contribution in [0.3, 0.4) is 0 Å². The highest BCUT2D eigenvalue weighted by atomic mass is 79.9. The lowest BCUT2D eigenvalue weighted by molar-refractivity contribution is 0.0851. The van der Waals surface area contributed by atoms with Gasteiger partial charge in [0, 0.05) is 5.56 Å². The minimum atomic E-state index is -1.49. The maximum Gasteiger partial charge on any atom is 0.147 e. The second kappa shape index (κ2) is 4.46. The summed E-state index contributed by atoms with van der Waals surface area (Å²) in [7, 11) is 1.53. The summed E-state index contributed by atoms with van der Waals surface area (Å²) in [6, 6.07) is 8.27. The average Bonchev–Trinajstić information content (AvgIpc) is 2.42. The van der Waals surface area contributed by atoms with E-state index in [4.69, 9.17) is 9.47 Å². The van der Waals surface area contributed by atoms with Crippen LogP contribution in [0.25, 0.3) is 0 Å². The Labute approximate surface area is 124 Å². The van der Waals surface area contributed by atoms with Gasteiger partial charge in [-0.1, -0.05) is 0 Å². The van der Waals surface area contributed by atoms with E-state index in [1.54, 1.807) is 37.3 Å². The molecular formula is C15H12BrFO3. The molecule has 3 rings (SSSR count). The van der Waals surface area contributed by atoms with Gasteiger partial charge in [-0.2, -0.15) is 0 Å². The molecule has 2 aromatic rings. The molecule has 1 heterocycles. The third-order valence-corrected chi connectivity index (χ3v) is 4.09. The lowest BCUT2D eigenvalue weighted by atomic mass is 9.84. The molecule has 0 spiro atoms. The molecule has 1 aliphatic heterocycles. The summed E-state index contributed by atoms with van der Waals surface area (Å²) in [5.41, 5.74) is -0.903. The second-order valence-corrected chi connectivity index (χ2v) is 5.63. The second-order valence-electron chi connectivity index (χ2n) is 4.77. The highest BCUT2D eigenvalue weighted by molar-refractivity contribution is 9.10. The van der Waals surface area contributed by atoms with Crippen LogP contribution in [0, 0.1) is 5.82 Å². The first-order valence-corrected chi connectivity index (χ1v) is 6.81. The van der Waals surface area contributed by atoms with E-state index in [2.05, 4.69) is 15.9 Å². The quantitative estimate of drug-likeness (QED) is 0.855. The fourth-order valence-corrected chi connectivity index (χ4v) is 2.76. The van der Waals surface area contributed by atoms with Crippen LogP contribution in [0.4, 0.5) is 4.39 Å². The van der Waals surface area contributed by atoms with E-state index in [1.165, 1.54) is 7.11 Å². The van der Waals surface area contributed by atoms with Gasteiger partial charge in [0.2, 0.25) is 0 Å². The molecular weight excluding hydrogens is 327 g/mol. The molecule has 5 heteroatoms. The van der Waals surface area contributed by atoms with Crippen molar-refractivity contribution in [1.82, 2.24) is 0 Å². The molecule has 0 bridgehead atoms. The standard InChI is InChI=1S/C15H12BrFO3/c1-15(18)9-7-8(19-2)3-5-11(9)20-12-6-4-10(16)14(17)13(12)15/h3-7,18H,1-2H3/t15-/m1/s1. The third-order valence-electron chi connectivity index (χ3n) is 3.47. The molecule has 0 unspecified atom stereocenters. The molecule has 1 aliphatic rings. The minimum absolute atomic E-state index is 0.118. The number of halogens is 2. The molecule has 0 aliphatic carbocycles. The van der Waals surface area contributed by atoms with Crippen LogP contribution < -0.4 is 9.47 Å². The zero-order valence-corrected chi connectivity index (χ0v) is 12.5. The molecule has 104 valence electrons. The van der Waals surface area contributed by atoms with Crippen LogP contribution in [0.1, 0.15) is 18.1 Å². The molecule has 0 radical (unpaired) electrons. The zero-order valence-electron chi connectivity index (χ0n) is 10.9. The molecule has 20 heavy (non-hydrogen) atoms. The first-order chi connectivity index (χ1) is 9.45.